The first-order valence-electron chi connectivity index (χ1n) is 6.68. The van der Waals surface area contributed by atoms with Crippen LogP contribution in [0.3, 0.4) is 0 Å². The second-order valence-corrected chi connectivity index (χ2v) is 5.96. The van der Waals surface area contributed by atoms with Gasteiger partial charge in [0.1, 0.15) is 0 Å². The Morgan fingerprint density at radius 3 is 2.37 bits per heavy atom. The highest BCUT2D eigenvalue weighted by Crippen LogP contribution is 2.25. The van der Waals surface area contributed by atoms with Crippen LogP contribution in [0.5, 0.6) is 0 Å². The van der Waals surface area contributed by atoms with E-state index in [-0.39, 0.29) is 12.3 Å². The second-order valence-electron chi connectivity index (χ2n) is 5.52. The van der Waals surface area contributed by atoms with E-state index in [1.54, 1.807) is 24.3 Å². The van der Waals surface area contributed by atoms with Gasteiger partial charge < -0.3 is 10.0 Å². The van der Waals surface area contributed by atoms with Gasteiger partial charge in [-0.2, -0.15) is 0 Å². The molecule has 0 bridgehead atoms. The lowest BCUT2D eigenvalue weighted by Gasteiger charge is -2.18. The van der Waals surface area contributed by atoms with Crippen molar-refractivity contribution in [3.8, 4) is 0 Å². The van der Waals surface area contributed by atoms with Crippen molar-refractivity contribution in [3.05, 3.63) is 34.9 Å². The second kappa shape index (κ2) is 5.93. The van der Waals surface area contributed by atoms with Gasteiger partial charge in [0, 0.05) is 18.1 Å². The van der Waals surface area contributed by atoms with Crippen molar-refractivity contribution >= 4 is 17.5 Å². The normalized spacial score (nSPS) is 24.5. The van der Waals surface area contributed by atoms with E-state index in [1.165, 1.54) is 0 Å². The number of halogens is 1. The monoisotopic (exact) mass is 281 g/mol. The van der Waals surface area contributed by atoms with Crippen LogP contribution in [0.25, 0.3) is 0 Å². The Kier molecular flexibility index (Phi) is 4.48. The van der Waals surface area contributed by atoms with Gasteiger partial charge in [-0.05, 0) is 29.5 Å². The molecule has 3 nitrogen and oxygen atoms in total. The lowest BCUT2D eigenvalue weighted by molar-refractivity contribution is -0.132. The molecule has 1 saturated heterocycles. The van der Waals surface area contributed by atoms with Crippen LogP contribution in [0.1, 0.15) is 31.9 Å². The van der Waals surface area contributed by atoms with Crippen LogP contribution in [-0.2, 0) is 4.79 Å². The van der Waals surface area contributed by atoms with Gasteiger partial charge in [0.25, 0.3) is 0 Å². The summed E-state index contributed by atoms with van der Waals surface area (Å²) in [5, 5.41) is 10.7. The first kappa shape index (κ1) is 14.4. The Hall–Kier alpha value is -1.06. The van der Waals surface area contributed by atoms with Crippen LogP contribution in [0.4, 0.5) is 0 Å². The van der Waals surface area contributed by atoms with Crippen molar-refractivity contribution in [2.24, 2.45) is 11.8 Å². The molecule has 4 heteroatoms. The van der Waals surface area contributed by atoms with E-state index in [0.717, 1.165) is 18.7 Å². The van der Waals surface area contributed by atoms with Gasteiger partial charge in [0.2, 0.25) is 5.91 Å². The van der Waals surface area contributed by atoms with Gasteiger partial charge in [0.05, 0.1) is 12.5 Å². The molecule has 104 valence electrons. The SMILES string of the molecule is CC1CN(C(=O)CC(O)c2ccc(Cl)cc2)CC1C. The number of likely N-dealkylation sites (tertiary alicyclic amines) is 1. The van der Waals surface area contributed by atoms with Gasteiger partial charge >= 0.3 is 0 Å². The van der Waals surface area contributed by atoms with Gasteiger partial charge in [-0.1, -0.05) is 37.6 Å². The Balaban J connectivity index is 1.94. The van der Waals surface area contributed by atoms with Crippen LogP contribution >= 0.6 is 11.6 Å². The zero-order valence-electron chi connectivity index (χ0n) is 11.3. The van der Waals surface area contributed by atoms with E-state index in [2.05, 4.69) is 13.8 Å². The maximum atomic E-state index is 12.1. The summed E-state index contributed by atoms with van der Waals surface area (Å²) in [6.45, 7) is 5.92. The standard InChI is InChI=1S/C15H20ClNO2/c1-10-8-17(9-11(10)2)15(19)7-14(18)12-3-5-13(16)6-4-12/h3-6,10-11,14,18H,7-9H2,1-2H3. The molecular formula is C15H20ClNO2. The summed E-state index contributed by atoms with van der Waals surface area (Å²) in [4.78, 5) is 14.0. The predicted octanol–water partition coefficient (Wildman–Crippen LogP) is 2.88. The molecule has 1 N–H and O–H groups in total. The Bertz CT molecular complexity index is 436. The predicted molar refractivity (Wildman–Crippen MR) is 75.9 cm³/mol. The van der Waals surface area contributed by atoms with Crippen LogP contribution < -0.4 is 0 Å². The number of carbonyl (C=O) groups is 1. The molecule has 3 unspecified atom stereocenters. The Labute approximate surface area is 119 Å². The van der Waals surface area contributed by atoms with Crippen molar-refractivity contribution in [2.45, 2.75) is 26.4 Å². The number of hydrogen-bond acceptors (Lipinski definition) is 2. The van der Waals surface area contributed by atoms with Crippen molar-refractivity contribution < 1.29 is 9.90 Å². The Morgan fingerprint density at radius 1 is 1.32 bits per heavy atom. The van der Waals surface area contributed by atoms with Crippen LogP contribution in [0.15, 0.2) is 24.3 Å². The molecule has 0 aliphatic carbocycles. The molecule has 2 rings (SSSR count). The van der Waals surface area contributed by atoms with Crippen molar-refractivity contribution in [3.63, 3.8) is 0 Å². The fourth-order valence-electron chi connectivity index (χ4n) is 2.43. The third kappa shape index (κ3) is 3.48. The number of hydrogen-bond donors (Lipinski definition) is 1. The van der Waals surface area contributed by atoms with Crippen LogP contribution in [0, 0.1) is 11.8 Å². The van der Waals surface area contributed by atoms with Crippen molar-refractivity contribution in [2.75, 3.05) is 13.1 Å². The number of benzene rings is 1. The van der Waals surface area contributed by atoms with Gasteiger partial charge in [-0.15, -0.1) is 0 Å². The average molecular weight is 282 g/mol. The number of carbonyl (C=O) groups excluding carboxylic acids is 1. The van der Waals surface area contributed by atoms with E-state index < -0.39 is 6.10 Å². The molecule has 1 heterocycles. The summed E-state index contributed by atoms with van der Waals surface area (Å²) < 4.78 is 0. The largest absolute Gasteiger partial charge is 0.388 e. The first-order chi connectivity index (χ1) is 8.97. The molecule has 1 amide bonds. The number of aliphatic hydroxyl groups is 1. The summed E-state index contributed by atoms with van der Waals surface area (Å²) >= 11 is 5.80. The van der Waals surface area contributed by atoms with E-state index in [1.807, 2.05) is 4.90 Å². The van der Waals surface area contributed by atoms with Gasteiger partial charge in [0.15, 0.2) is 0 Å². The smallest absolute Gasteiger partial charge is 0.225 e. The summed E-state index contributed by atoms with van der Waals surface area (Å²) in [6.07, 6.45) is -0.614. The Morgan fingerprint density at radius 2 is 1.84 bits per heavy atom. The minimum atomic E-state index is -0.754. The molecule has 0 aromatic heterocycles. The highest BCUT2D eigenvalue weighted by atomic mass is 35.5. The molecule has 1 aromatic carbocycles. The molecule has 1 fully saturated rings. The zero-order chi connectivity index (χ0) is 14.0. The van der Waals surface area contributed by atoms with Crippen molar-refractivity contribution in [1.29, 1.82) is 0 Å². The molecular weight excluding hydrogens is 262 g/mol. The van der Waals surface area contributed by atoms with Crippen LogP contribution in [-0.4, -0.2) is 29.0 Å². The number of amides is 1. The minimum absolute atomic E-state index is 0.0265. The van der Waals surface area contributed by atoms with E-state index in [4.69, 9.17) is 11.6 Å². The van der Waals surface area contributed by atoms with Gasteiger partial charge in [-0.25, -0.2) is 0 Å². The van der Waals surface area contributed by atoms with Gasteiger partial charge in [-0.3, -0.25) is 4.79 Å². The first-order valence-corrected chi connectivity index (χ1v) is 7.06. The molecule has 0 saturated carbocycles. The molecule has 1 aromatic rings. The average Bonchev–Trinajstić information content (AvgIpc) is 2.70. The lowest BCUT2D eigenvalue weighted by Crippen LogP contribution is -2.30. The zero-order valence-corrected chi connectivity index (χ0v) is 12.1. The summed E-state index contributed by atoms with van der Waals surface area (Å²) in [5.41, 5.74) is 0.734. The third-order valence-electron chi connectivity index (χ3n) is 3.96. The third-order valence-corrected chi connectivity index (χ3v) is 4.22. The quantitative estimate of drug-likeness (QED) is 0.925. The number of nitrogens with zero attached hydrogens (tertiary/aromatic N) is 1. The van der Waals surface area contributed by atoms with E-state index in [0.29, 0.717) is 16.9 Å². The minimum Gasteiger partial charge on any atom is -0.388 e. The van der Waals surface area contributed by atoms with E-state index >= 15 is 0 Å². The highest BCUT2D eigenvalue weighted by molar-refractivity contribution is 6.30. The molecule has 0 spiro atoms. The molecule has 1 aliphatic rings. The maximum Gasteiger partial charge on any atom is 0.225 e. The molecule has 19 heavy (non-hydrogen) atoms. The van der Waals surface area contributed by atoms with Crippen LogP contribution in [0.2, 0.25) is 5.02 Å². The van der Waals surface area contributed by atoms with Crippen molar-refractivity contribution in [1.82, 2.24) is 4.90 Å². The summed E-state index contributed by atoms with van der Waals surface area (Å²) in [5.74, 6) is 1.10. The summed E-state index contributed by atoms with van der Waals surface area (Å²) in [6, 6.07) is 6.97. The fourth-order valence-corrected chi connectivity index (χ4v) is 2.56. The number of aliphatic hydroxyl groups excluding tert-OH is 1. The fraction of sp³-hybridized carbons (Fsp3) is 0.533. The summed E-state index contributed by atoms with van der Waals surface area (Å²) in [7, 11) is 0. The molecule has 3 atom stereocenters. The molecule has 1 aliphatic heterocycles. The van der Waals surface area contributed by atoms with E-state index in [9.17, 15) is 9.90 Å². The topological polar surface area (TPSA) is 40.5 Å². The highest BCUT2D eigenvalue weighted by Gasteiger charge is 2.30. The number of rotatable bonds is 3. The molecule has 0 radical (unpaired) electrons. The maximum absolute atomic E-state index is 12.1. The lowest BCUT2D eigenvalue weighted by atomic mass is 10.0.